The summed E-state index contributed by atoms with van der Waals surface area (Å²) in [6.45, 7) is 3.60. The molecule has 2 N–H and O–H groups in total. The summed E-state index contributed by atoms with van der Waals surface area (Å²) in [7, 11) is -3.89. The van der Waals surface area contributed by atoms with E-state index >= 15 is 0 Å². The Hall–Kier alpha value is -2.33. The average Bonchev–Trinajstić information content (AvgIpc) is 2.85. The van der Waals surface area contributed by atoms with Gasteiger partial charge in [-0.05, 0) is 26.0 Å². The van der Waals surface area contributed by atoms with E-state index in [0.29, 0.717) is 10.7 Å². The van der Waals surface area contributed by atoms with Crippen molar-refractivity contribution in [3.8, 4) is 0 Å². The molecule has 10 heteroatoms. The number of aryl methyl sites for hydroxylation is 2. The van der Waals surface area contributed by atoms with Crippen molar-refractivity contribution in [1.29, 1.82) is 0 Å². The Morgan fingerprint density at radius 2 is 1.58 bits per heavy atom. The van der Waals surface area contributed by atoms with E-state index in [1.807, 2.05) is 6.92 Å². The maximum atomic E-state index is 11.9. The number of sulfone groups is 1. The van der Waals surface area contributed by atoms with Crippen molar-refractivity contribution in [2.24, 2.45) is 0 Å². The first-order valence-corrected chi connectivity index (χ1v) is 9.54. The van der Waals surface area contributed by atoms with Gasteiger partial charge in [0.2, 0.25) is 16.9 Å². The van der Waals surface area contributed by atoms with Crippen molar-refractivity contribution in [2.45, 2.75) is 13.8 Å². The van der Waals surface area contributed by atoms with Gasteiger partial charge in [-0.25, -0.2) is 8.42 Å². The highest BCUT2D eigenvalue weighted by Gasteiger charge is 2.21. The second kappa shape index (κ2) is 7.49. The minimum atomic E-state index is -3.89. The Balaban J connectivity index is 1.88. The van der Waals surface area contributed by atoms with Crippen LogP contribution in [0, 0.1) is 13.8 Å². The van der Waals surface area contributed by atoms with Crippen LogP contribution in [0.1, 0.15) is 10.6 Å². The molecule has 0 fully saturated rings. The molecular weight excluding hydrogens is 352 g/mol. The quantitative estimate of drug-likeness (QED) is 0.789. The smallest absolute Gasteiger partial charge is 0.241 e. The molecule has 0 spiro atoms. The molecule has 1 aromatic carbocycles. The van der Waals surface area contributed by atoms with E-state index in [0.717, 1.165) is 16.9 Å². The van der Waals surface area contributed by atoms with E-state index in [4.69, 9.17) is 0 Å². The number of benzene rings is 1. The number of hydrogen-bond acceptors (Lipinski definition) is 7. The molecule has 8 nitrogen and oxygen atoms in total. The Kier molecular flexibility index (Phi) is 5.62. The summed E-state index contributed by atoms with van der Waals surface area (Å²) in [5, 5.41) is 13.1. The molecule has 0 aliphatic heterocycles. The van der Waals surface area contributed by atoms with E-state index in [1.54, 1.807) is 31.2 Å². The predicted octanol–water partition coefficient (Wildman–Crippen LogP) is 1.15. The van der Waals surface area contributed by atoms with Crippen molar-refractivity contribution in [2.75, 3.05) is 22.1 Å². The van der Waals surface area contributed by atoms with Crippen LogP contribution in [0.25, 0.3) is 0 Å². The van der Waals surface area contributed by atoms with Crippen LogP contribution in [0.5, 0.6) is 0 Å². The minimum absolute atomic E-state index is 0.219. The summed E-state index contributed by atoms with van der Waals surface area (Å²) in [6, 6.07) is 6.93. The Morgan fingerprint density at radius 3 is 2.12 bits per heavy atom. The second-order valence-electron chi connectivity index (χ2n) is 5.12. The zero-order valence-corrected chi connectivity index (χ0v) is 14.7. The van der Waals surface area contributed by atoms with Gasteiger partial charge in [0.1, 0.15) is 16.5 Å². The number of rotatable bonds is 6. The molecule has 2 amide bonds. The molecule has 0 unspecified atom stereocenters. The van der Waals surface area contributed by atoms with Crippen molar-refractivity contribution < 1.29 is 18.0 Å². The van der Waals surface area contributed by atoms with Gasteiger partial charge in [0, 0.05) is 5.69 Å². The highest BCUT2D eigenvalue weighted by molar-refractivity contribution is 7.92. The van der Waals surface area contributed by atoms with Crippen LogP contribution >= 0.6 is 11.3 Å². The lowest BCUT2D eigenvalue weighted by molar-refractivity contribution is -0.114. The Bertz CT molecular complexity index is 844. The topological polar surface area (TPSA) is 118 Å². The number of nitrogens with zero attached hydrogens (tertiary/aromatic N) is 2. The second-order valence-corrected chi connectivity index (χ2v) is 8.37. The molecule has 1 heterocycles. The number of carbonyl (C=O) groups is 2. The van der Waals surface area contributed by atoms with Gasteiger partial charge in [-0.15, -0.1) is 10.2 Å². The van der Waals surface area contributed by atoms with Crippen LogP contribution in [0.2, 0.25) is 0 Å². The fraction of sp³-hybridized carbons (Fsp3) is 0.286. The van der Waals surface area contributed by atoms with Gasteiger partial charge in [0.25, 0.3) is 0 Å². The van der Waals surface area contributed by atoms with Crippen LogP contribution in [-0.2, 0) is 19.4 Å². The molecule has 0 atom stereocenters. The fourth-order valence-electron chi connectivity index (χ4n) is 1.79. The van der Waals surface area contributed by atoms with Gasteiger partial charge < -0.3 is 5.32 Å². The monoisotopic (exact) mass is 368 g/mol. The third-order valence-electron chi connectivity index (χ3n) is 2.81. The number of anilines is 2. The van der Waals surface area contributed by atoms with Crippen molar-refractivity contribution >= 4 is 43.8 Å². The summed E-state index contributed by atoms with van der Waals surface area (Å²) >= 11 is 1.13. The molecule has 0 radical (unpaired) electrons. The first kappa shape index (κ1) is 18.0. The largest absolute Gasteiger partial charge is 0.325 e. The standard InChI is InChI=1S/C14H16N4O4S2/c1-9-3-5-11(6-4-9)15-12(19)7-24(21,22)8-13(20)16-14-18-17-10(2)23-14/h3-6H,7-8H2,1-2H3,(H,15,19)(H,16,18,20). The zero-order valence-electron chi connectivity index (χ0n) is 13.1. The molecular formula is C14H16N4O4S2. The maximum Gasteiger partial charge on any atom is 0.241 e. The maximum absolute atomic E-state index is 11.9. The summed E-state index contributed by atoms with van der Waals surface area (Å²) in [5.74, 6) is -3.02. The van der Waals surface area contributed by atoms with Gasteiger partial charge in [0.15, 0.2) is 9.84 Å². The van der Waals surface area contributed by atoms with E-state index in [-0.39, 0.29) is 5.13 Å². The number of carbonyl (C=O) groups excluding carboxylic acids is 2. The van der Waals surface area contributed by atoms with E-state index in [9.17, 15) is 18.0 Å². The molecule has 0 aliphatic rings. The highest BCUT2D eigenvalue weighted by Crippen LogP contribution is 2.13. The van der Waals surface area contributed by atoms with Gasteiger partial charge >= 0.3 is 0 Å². The van der Waals surface area contributed by atoms with E-state index in [2.05, 4.69) is 20.8 Å². The zero-order chi connectivity index (χ0) is 17.7. The first-order chi connectivity index (χ1) is 11.2. The summed E-state index contributed by atoms with van der Waals surface area (Å²) in [5.41, 5.74) is 1.51. The molecule has 1 aromatic heterocycles. The number of hydrogen-bond donors (Lipinski definition) is 2. The summed E-state index contributed by atoms with van der Waals surface area (Å²) in [4.78, 5) is 23.5. The molecule has 24 heavy (non-hydrogen) atoms. The summed E-state index contributed by atoms with van der Waals surface area (Å²) in [6.07, 6.45) is 0. The number of aromatic nitrogens is 2. The van der Waals surface area contributed by atoms with Gasteiger partial charge in [0.05, 0.1) is 0 Å². The van der Waals surface area contributed by atoms with Gasteiger partial charge in [-0.2, -0.15) is 0 Å². The molecule has 0 saturated carbocycles. The Morgan fingerprint density at radius 1 is 1.00 bits per heavy atom. The van der Waals surface area contributed by atoms with Crippen molar-refractivity contribution in [3.05, 3.63) is 34.8 Å². The van der Waals surface area contributed by atoms with Crippen LogP contribution in [0.4, 0.5) is 10.8 Å². The number of amides is 2. The molecule has 2 aromatic rings. The fourth-order valence-corrected chi connectivity index (χ4v) is 3.44. The first-order valence-electron chi connectivity index (χ1n) is 6.90. The van der Waals surface area contributed by atoms with Crippen LogP contribution in [0.3, 0.4) is 0 Å². The average molecular weight is 368 g/mol. The Labute approximate surface area is 143 Å². The van der Waals surface area contributed by atoms with Crippen molar-refractivity contribution in [1.82, 2.24) is 10.2 Å². The summed E-state index contributed by atoms with van der Waals surface area (Å²) < 4.78 is 23.9. The SMILES string of the molecule is Cc1ccc(NC(=O)CS(=O)(=O)CC(=O)Nc2nnc(C)s2)cc1. The van der Waals surface area contributed by atoms with Crippen molar-refractivity contribution in [3.63, 3.8) is 0 Å². The third kappa shape index (κ3) is 5.70. The van der Waals surface area contributed by atoms with Crippen LogP contribution in [0.15, 0.2) is 24.3 Å². The van der Waals surface area contributed by atoms with E-state index < -0.39 is 33.2 Å². The lowest BCUT2D eigenvalue weighted by Crippen LogP contribution is -2.30. The van der Waals surface area contributed by atoms with Gasteiger partial charge in [-0.1, -0.05) is 29.0 Å². The minimum Gasteiger partial charge on any atom is -0.325 e. The lowest BCUT2D eigenvalue weighted by atomic mass is 10.2. The molecule has 2 rings (SSSR count). The molecule has 128 valence electrons. The number of nitrogens with one attached hydrogen (secondary N) is 2. The highest BCUT2D eigenvalue weighted by atomic mass is 32.2. The predicted molar refractivity (Wildman–Crippen MR) is 91.7 cm³/mol. The normalized spacial score (nSPS) is 11.1. The van der Waals surface area contributed by atoms with E-state index in [1.165, 1.54) is 0 Å². The lowest BCUT2D eigenvalue weighted by Gasteiger charge is -2.06. The van der Waals surface area contributed by atoms with Gasteiger partial charge in [-0.3, -0.25) is 14.9 Å². The molecule has 0 aliphatic carbocycles. The molecule has 0 bridgehead atoms. The molecule has 0 saturated heterocycles. The van der Waals surface area contributed by atoms with Crippen LogP contribution in [-0.4, -0.2) is 41.9 Å². The third-order valence-corrected chi connectivity index (χ3v) is 4.97. The van der Waals surface area contributed by atoms with Crippen LogP contribution < -0.4 is 10.6 Å².